The molecule has 1 aliphatic rings. The van der Waals surface area contributed by atoms with Gasteiger partial charge in [-0.05, 0) is 47.5 Å². The first-order valence-electron chi connectivity index (χ1n) is 12.3. The SMILES string of the molecule is O=C(c1cccc(C(F)(F)F)c1)N1C(c2ccccc2)[C@]1(c1cc(F)cc(OC(F)(F)C(F)F)c1)c1ccc(F)cc1F. The first kappa shape index (κ1) is 29.9. The lowest BCUT2D eigenvalue weighted by Crippen LogP contribution is -2.33. The number of benzene rings is 4. The van der Waals surface area contributed by atoms with Crippen molar-refractivity contribution in [1.82, 2.24) is 4.90 Å². The van der Waals surface area contributed by atoms with E-state index in [2.05, 4.69) is 4.74 Å². The van der Waals surface area contributed by atoms with Crippen molar-refractivity contribution in [1.29, 1.82) is 0 Å². The summed E-state index contributed by atoms with van der Waals surface area (Å²) in [5.74, 6) is -5.88. The number of nitrogens with zero attached hydrogens (tertiary/aromatic N) is 1. The molecular weight excluding hydrogens is 596 g/mol. The van der Waals surface area contributed by atoms with Crippen LogP contribution in [0.3, 0.4) is 0 Å². The first-order valence-corrected chi connectivity index (χ1v) is 12.3. The van der Waals surface area contributed by atoms with Gasteiger partial charge in [0.2, 0.25) is 0 Å². The van der Waals surface area contributed by atoms with Crippen molar-refractivity contribution in [3.8, 4) is 5.75 Å². The van der Waals surface area contributed by atoms with E-state index < -0.39 is 81.7 Å². The highest BCUT2D eigenvalue weighted by molar-refractivity contribution is 5.98. The Morgan fingerprint density at radius 3 is 2.12 bits per heavy atom. The van der Waals surface area contributed by atoms with Crippen molar-refractivity contribution in [3.05, 3.63) is 136 Å². The molecule has 43 heavy (non-hydrogen) atoms. The lowest BCUT2D eigenvalue weighted by Gasteiger charge is -2.22. The van der Waals surface area contributed by atoms with Crippen molar-refractivity contribution >= 4 is 5.91 Å². The Balaban J connectivity index is 1.77. The quantitative estimate of drug-likeness (QED) is 0.155. The molecule has 224 valence electrons. The number of carbonyl (C=O) groups excluding carboxylic acids is 1. The number of alkyl halides is 7. The van der Waals surface area contributed by atoms with Crippen molar-refractivity contribution in [3.63, 3.8) is 0 Å². The maximum absolute atomic E-state index is 15.5. The van der Waals surface area contributed by atoms with Gasteiger partial charge in [0.25, 0.3) is 5.91 Å². The number of hydrogen-bond donors (Lipinski definition) is 0. The average molecular weight is 613 g/mol. The van der Waals surface area contributed by atoms with E-state index in [0.717, 1.165) is 29.2 Å². The Bertz CT molecular complexity index is 1680. The number of ether oxygens (including phenoxy) is 1. The van der Waals surface area contributed by atoms with Gasteiger partial charge >= 0.3 is 18.7 Å². The van der Waals surface area contributed by atoms with E-state index in [-0.39, 0.29) is 5.56 Å². The molecule has 1 aliphatic heterocycles. The summed E-state index contributed by atoms with van der Waals surface area (Å²) in [4.78, 5) is 14.8. The summed E-state index contributed by atoms with van der Waals surface area (Å²) < 4.78 is 142. The van der Waals surface area contributed by atoms with Crippen LogP contribution >= 0.6 is 0 Å². The van der Waals surface area contributed by atoms with Crippen LogP contribution in [0.5, 0.6) is 5.75 Å². The fraction of sp³-hybridized carbons (Fsp3) is 0.167. The van der Waals surface area contributed by atoms with Crippen molar-refractivity contribution in [2.24, 2.45) is 0 Å². The normalized spacial score (nSPS) is 18.6. The molecule has 0 radical (unpaired) electrons. The van der Waals surface area contributed by atoms with Crippen LogP contribution in [0.25, 0.3) is 0 Å². The van der Waals surface area contributed by atoms with Gasteiger partial charge in [-0.1, -0.05) is 42.5 Å². The predicted octanol–water partition coefficient (Wildman–Crippen LogP) is 8.50. The Kier molecular flexibility index (Phi) is 7.39. The second-order valence-corrected chi connectivity index (χ2v) is 9.60. The van der Waals surface area contributed by atoms with Crippen LogP contribution < -0.4 is 4.74 Å². The first-order chi connectivity index (χ1) is 20.2. The fourth-order valence-electron chi connectivity index (χ4n) is 5.13. The third-order valence-corrected chi connectivity index (χ3v) is 6.90. The summed E-state index contributed by atoms with van der Waals surface area (Å²) in [5.41, 5.74) is -4.60. The summed E-state index contributed by atoms with van der Waals surface area (Å²) in [5, 5.41) is 0. The highest BCUT2D eigenvalue weighted by Gasteiger charge is 2.69. The monoisotopic (exact) mass is 613 g/mol. The van der Waals surface area contributed by atoms with E-state index in [1.54, 1.807) is 6.07 Å². The topological polar surface area (TPSA) is 29.3 Å². The van der Waals surface area contributed by atoms with Crippen LogP contribution in [-0.2, 0) is 11.7 Å². The third-order valence-electron chi connectivity index (χ3n) is 6.90. The third kappa shape index (κ3) is 5.39. The van der Waals surface area contributed by atoms with Crippen LogP contribution in [0, 0.1) is 17.5 Å². The van der Waals surface area contributed by atoms with Gasteiger partial charge in [0, 0.05) is 23.3 Å². The average Bonchev–Trinajstić information content (AvgIpc) is 3.63. The zero-order valence-corrected chi connectivity index (χ0v) is 21.4. The van der Waals surface area contributed by atoms with Gasteiger partial charge in [-0.25, -0.2) is 13.2 Å². The molecule has 1 unspecified atom stereocenters. The number of amides is 1. The molecule has 13 heteroatoms. The van der Waals surface area contributed by atoms with Gasteiger partial charge in [0.1, 0.15) is 28.7 Å². The molecule has 0 bridgehead atoms. The predicted molar refractivity (Wildman–Crippen MR) is 132 cm³/mol. The van der Waals surface area contributed by atoms with Crippen LogP contribution in [0.15, 0.2) is 91.0 Å². The second kappa shape index (κ2) is 10.6. The van der Waals surface area contributed by atoms with Gasteiger partial charge in [0.05, 0.1) is 11.6 Å². The molecule has 0 aromatic heterocycles. The molecular formula is C30H17F10NO2. The van der Waals surface area contributed by atoms with E-state index in [4.69, 9.17) is 0 Å². The van der Waals surface area contributed by atoms with Crippen molar-refractivity contribution in [2.75, 3.05) is 0 Å². The van der Waals surface area contributed by atoms with E-state index in [1.807, 2.05) is 0 Å². The van der Waals surface area contributed by atoms with Crippen molar-refractivity contribution in [2.45, 2.75) is 30.3 Å². The van der Waals surface area contributed by atoms with E-state index in [1.165, 1.54) is 24.3 Å². The second-order valence-electron chi connectivity index (χ2n) is 9.60. The Hall–Kier alpha value is -4.55. The maximum Gasteiger partial charge on any atom is 0.461 e. The van der Waals surface area contributed by atoms with Gasteiger partial charge < -0.3 is 9.64 Å². The molecule has 3 nitrogen and oxygen atoms in total. The molecule has 1 fully saturated rings. The molecule has 1 amide bonds. The zero-order chi connectivity index (χ0) is 31.3. The minimum absolute atomic E-state index is 0.246. The lowest BCUT2D eigenvalue weighted by atomic mass is 9.84. The molecule has 0 saturated carbocycles. The van der Waals surface area contributed by atoms with Crippen molar-refractivity contribution < 1.29 is 53.4 Å². The molecule has 1 heterocycles. The number of hydrogen-bond acceptors (Lipinski definition) is 2. The summed E-state index contributed by atoms with van der Waals surface area (Å²) in [6, 6.07) is 13.3. The molecule has 4 aromatic carbocycles. The largest absolute Gasteiger partial charge is 0.461 e. The van der Waals surface area contributed by atoms with E-state index in [0.29, 0.717) is 36.4 Å². The summed E-state index contributed by atoms with van der Waals surface area (Å²) in [6.07, 6.45) is -14.2. The van der Waals surface area contributed by atoms with Crippen LogP contribution in [0.2, 0.25) is 0 Å². The molecule has 1 saturated heterocycles. The number of halogens is 10. The summed E-state index contributed by atoms with van der Waals surface area (Å²) in [7, 11) is 0. The minimum Gasteiger partial charge on any atom is -0.428 e. The Morgan fingerprint density at radius 2 is 1.49 bits per heavy atom. The van der Waals surface area contributed by atoms with E-state index >= 15 is 4.39 Å². The number of carbonyl (C=O) groups is 1. The van der Waals surface area contributed by atoms with E-state index in [9.17, 15) is 44.3 Å². The minimum atomic E-state index is -5.07. The smallest absolute Gasteiger partial charge is 0.428 e. The highest BCUT2D eigenvalue weighted by Crippen LogP contribution is 2.65. The van der Waals surface area contributed by atoms with Gasteiger partial charge in [-0.15, -0.1) is 0 Å². The highest BCUT2D eigenvalue weighted by atomic mass is 19.4. The zero-order valence-electron chi connectivity index (χ0n) is 21.4. The van der Waals surface area contributed by atoms with Crippen LogP contribution in [0.4, 0.5) is 43.9 Å². The van der Waals surface area contributed by atoms with Gasteiger partial charge in [-0.2, -0.15) is 30.7 Å². The molecule has 2 atom stereocenters. The van der Waals surface area contributed by atoms with Crippen LogP contribution in [-0.4, -0.2) is 23.3 Å². The van der Waals surface area contributed by atoms with Gasteiger partial charge in [-0.3, -0.25) is 4.79 Å². The molecule has 0 aliphatic carbocycles. The molecule has 5 rings (SSSR count). The van der Waals surface area contributed by atoms with Crippen LogP contribution in [0.1, 0.15) is 38.7 Å². The van der Waals surface area contributed by atoms with Gasteiger partial charge in [0.15, 0.2) is 0 Å². The summed E-state index contributed by atoms with van der Waals surface area (Å²) in [6.45, 7) is 0. The Labute approximate surface area is 236 Å². The standard InChI is InChI=1S/C30H17F10NO2/c31-20-9-10-23(24(33)15-20)28(19-12-21(32)14-22(13-19)43-30(39,40)27(34)35)25(16-5-2-1-3-6-16)41(28)26(42)17-7-4-8-18(11-17)29(36,37)38/h1-15,25,27H/t25?,28-,41?/m0/s1. The molecule has 0 spiro atoms. The number of rotatable bonds is 7. The summed E-state index contributed by atoms with van der Waals surface area (Å²) >= 11 is 0. The molecule has 4 aromatic rings. The lowest BCUT2D eigenvalue weighted by molar-refractivity contribution is -0.253. The Morgan fingerprint density at radius 1 is 0.791 bits per heavy atom. The maximum atomic E-state index is 15.5. The molecule has 0 N–H and O–H groups in total. The fourth-order valence-corrected chi connectivity index (χ4v) is 5.13.